The lowest BCUT2D eigenvalue weighted by Gasteiger charge is -2.07. The number of halogens is 3. The molecule has 5 heteroatoms. The maximum atomic E-state index is 13.3. The molecule has 0 N–H and O–H groups in total. The van der Waals surface area contributed by atoms with Crippen molar-refractivity contribution in [1.82, 2.24) is 0 Å². The van der Waals surface area contributed by atoms with Crippen LogP contribution in [0.3, 0.4) is 0 Å². The quantitative estimate of drug-likeness (QED) is 0.780. The Morgan fingerprint density at radius 1 is 1.00 bits per heavy atom. The van der Waals surface area contributed by atoms with Crippen LogP contribution in [-0.2, 0) is 0 Å². The first-order chi connectivity index (χ1) is 9.58. The zero-order valence-corrected chi connectivity index (χ0v) is 10.4. The van der Waals surface area contributed by atoms with E-state index in [0.717, 1.165) is 6.07 Å². The largest absolute Gasteiger partial charge is 0.490 e. The fourth-order valence-electron chi connectivity index (χ4n) is 1.63. The third-order valence-corrected chi connectivity index (χ3v) is 2.67. The van der Waals surface area contributed by atoms with Gasteiger partial charge in [0.05, 0.1) is 6.61 Å². The number of carbonyl (C=O) groups is 1. The third kappa shape index (κ3) is 3.38. The number of rotatable bonds is 5. The molecular weight excluding hydrogens is 269 g/mol. The molecule has 104 valence electrons. The van der Waals surface area contributed by atoms with E-state index in [1.54, 1.807) is 0 Å². The number of ether oxygens (including phenoxy) is 1. The lowest BCUT2D eigenvalue weighted by atomic mass is 10.1. The van der Waals surface area contributed by atoms with Gasteiger partial charge in [0.25, 0.3) is 0 Å². The SMILES string of the molecule is O=C(CCOc1cccc(F)c1F)c1ccc(F)cc1. The highest BCUT2D eigenvalue weighted by Gasteiger charge is 2.10. The highest BCUT2D eigenvalue weighted by Crippen LogP contribution is 2.19. The van der Waals surface area contributed by atoms with Crippen molar-refractivity contribution in [3.05, 3.63) is 65.5 Å². The van der Waals surface area contributed by atoms with E-state index in [2.05, 4.69) is 0 Å². The summed E-state index contributed by atoms with van der Waals surface area (Å²) in [6.45, 7) is -0.0867. The highest BCUT2D eigenvalue weighted by molar-refractivity contribution is 5.96. The van der Waals surface area contributed by atoms with Gasteiger partial charge in [-0.05, 0) is 36.4 Å². The van der Waals surface area contributed by atoms with Crippen molar-refractivity contribution in [3.8, 4) is 5.75 Å². The molecule has 2 nitrogen and oxygen atoms in total. The molecule has 2 rings (SSSR count). The second-order valence-electron chi connectivity index (χ2n) is 4.08. The minimum atomic E-state index is -1.08. The first kappa shape index (κ1) is 14.1. The fraction of sp³-hybridized carbons (Fsp3) is 0.133. The van der Waals surface area contributed by atoms with E-state index >= 15 is 0 Å². The van der Waals surface area contributed by atoms with Crippen LogP contribution >= 0.6 is 0 Å². The molecule has 0 aliphatic rings. The third-order valence-electron chi connectivity index (χ3n) is 2.67. The van der Waals surface area contributed by atoms with Crippen molar-refractivity contribution in [2.45, 2.75) is 6.42 Å². The lowest BCUT2D eigenvalue weighted by Crippen LogP contribution is -2.07. The van der Waals surface area contributed by atoms with E-state index in [-0.39, 0.29) is 24.6 Å². The predicted molar refractivity (Wildman–Crippen MR) is 67.2 cm³/mol. The van der Waals surface area contributed by atoms with Gasteiger partial charge in [-0.3, -0.25) is 4.79 Å². The maximum Gasteiger partial charge on any atom is 0.200 e. The summed E-state index contributed by atoms with van der Waals surface area (Å²) in [7, 11) is 0. The number of ketones is 1. The van der Waals surface area contributed by atoms with Crippen molar-refractivity contribution in [2.24, 2.45) is 0 Å². The van der Waals surface area contributed by atoms with Gasteiger partial charge in [0.1, 0.15) is 5.82 Å². The summed E-state index contributed by atoms with van der Waals surface area (Å²) in [5, 5.41) is 0. The Morgan fingerprint density at radius 3 is 2.40 bits per heavy atom. The molecule has 0 aromatic heterocycles. The van der Waals surface area contributed by atoms with Crippen LogP contribution in [0.4, 0.5) is 13.2 Å². The molecule has 0 heterocycles. The van der Waals surface area contributed by atoms with Crippen LogP contribution in [-0.4, -0.2) is 12.4 Å². The fourth-order valence-corrected chi connectivity index (χ4v) is 1.63. The van der Waals surface area contributed by atoms with Crippen molar-refractivity contribution >= 4 is 5.78 Å². The standard InChI is InChI=1S/C15H11F3O2/c16-11-6-4-10(5-7-11)13(19)8-9-20-14-3-1-2-12(17)15(14)18/h1-7H,8-9H2. The van der Waals surface area contributed by atoms with Crippen LogP contribution in [0.5, 0.6) is 5.75 Å². The summed E-state index contributed by atoms with van der Waals surface area (Å²) in [6.07, 6.45) is -0.0123. The minimum absolute atomic E-state index is 0.0123. The molecule has 0 saturated carbocycles. The van der Waals surface area contributed by atoms with E-state index in [0.29, 0.717) is 5.56 Å². The topological polar surface area (TPSA) is 26.3 Å². The van der Waals surface area contributed by atoms with Crippen molar-refractivity contribution in [2.75, 3.05) is 6.61 Å². The summed E-state index contributed by atoms with van der Waals surface area (Å²) < 4.78 is 43.9. The summed E-state index contributed by atoms with van der Waals surface area (Å²) in [6, 6.07) is 8.66. The molecule has 0 aliphatic carbocycles. The molecule has 2 aromatic rings. The van der Waals surface area contributed by atoms with Crippen molar-refractivity contribution in [3.63, 3.8) is 0 Å². The van der Waals surface area contributed by atoms with Gasteiger partial charge in [0.2, 0.25) is 5.82 Å². The highest BCUT2D eigenvalue weighted by atomic mass is 19.2. The van der Waals surface area contributed by atoms with Crippen LogP contribution < -0.4 is 4.74 Å². The second-order valence-corrected chi connectivity index (χ2v) is 4.08. The Balaban J connectivity index is 1.91. The summed E-state index contributed by atoms with van der Waals surface area (Å²) in [4.78, 5) is 11.7. The first-order valence-electron chi connectivity index (χ1n) is 5.93. The van der Waals surface area contributed by atoms with Crippen LogP contribution in [0, 0.1) is 17.5 Å². The van der Waals surface area contributed by atoms with Crippen LogP contribution in [0.25, 0.3) is 0 Å². The van der Waals surface area contributed by atoms with E-state index in [9.17, 15) is 18.0 Å². The summed E-state index contributed by atoms with van der Waals surface area (Å²) >= 11 is 0. The van der Waals surface area contributed by atoms with Gasteiger partial charge in [-0.1, -0.05) is 6.07 Å². The zero-order chi connectivity index (χ0) is 14.5. The van der Waals surface area contributed by atoms with Gasteiger partial charge in [-0.25, -0.2) is 8.78 Å². The average molecular weight is 280 g/mol. The van der Waals surface area contributed by atoms with E-state index < -0.39 is 17.5 Å². The molecule has 0 bridgehead atoms. The normalized spacial score (nSPS) is 10.3. The second kappa shape index (κ2) is 6.23. The van der Waals surface area contributed by atoms with Gasteiger partial charge in [0, 0.05) is 12.0 Å². The molecular formula is C15H11F3O2. The predicted octanol–water partition coefficient (Wildman–Crippen LogP) is 3.76. The molecule has 20 heavy (non-hydrogen) atoms. The van der Waals surface area contributed by atoms with Crippen LogP contribution in [0.15, 0.2) is 42.5 Å². The smallest absolute Gasteiger partial charge is 0.200 e. The summed E-state index contributed by atoms with van der Waals surface area (Å²) in [5.41, 5.74) is 0.342. The molecule has 0 unspecified atom stereocenters. The molecule has 0 saturated heterocycles. The molecule has 0 atom stereocenters. The molecule has 0 fully saturated rings. The van der Waals surface area contributed by atoms with Crippen molar-refractivity contribution < 1.29 is 22.7 Å². The Labute approximate surface area is 113 Å². The minimum Gasteiger partial charge on any atom is -0.490 e. The average Bonchev–Trinajstić information content (AvgIpc) is 2.44. The van der Waals surface area contributed by atoms with Gasteiger partial charge in [0.15, 0.2) is 17.3 Å². The first-order valence-corrected chi connectivity index (χ1v) is 5.93. The Bertz CT molecular complexity index is 609. The number of benzene rings is 2. The molecule has 0 spiro atoms. The van der Waals surface area contributed by atoms with E-state index in [1.807, 2.05) is 0 Å². The number of carbonyl (C=O) groups excluding carboxylic acids is 1. The van der Waals surface area contributed by atoms with Gasteiger partial charge in [-0.2, -0.15) is 4.39 Å². The number of hydrogen-bond donors (Lipinski definition) is 0. The summed E-state index contributed by atoms with van der Waals surface area (Å²) in [5.74, 6) is -3.02. The Hall–Kier alpha value is -2.30. The van der Waals surface area contributed by atoms with Crippen LogP contribution in [0.2, 0.25) is 0 Å². The molecule has 0 radical (unpaired) electrons. The maximum absolute atomic E-state index is 13.3. The zero-order valence-electron chi connectivity index (χ0n) is 10.4. The van der Waals surface area contributed by atoms with Gasteiger partial charge < -0.3 is 4.74 Å². The molecule has 0 amide bonds. The Kier molecular flexibility index (Phi) is 4.40. The van der Waals surface area contributed by atoms with Gasteiger partial charge >= 0.3 is 0 Å². The number of Topliss-reactive ketones (excluding diaryl/α,β-unsaturated/α-hetero) is 1. The van der Waals surface area contributed by atoms with Gasteiger partial charge in [-0.15, -0.1) is 0 Å². The van der Waals surface area contributed by atoms with E-state index in [1.165, 1.54) is 36.4 Å². The van der Waals surface area contributed by atoms with E-state index in [4.69, 9.17) is 4.74 Å². The number of hydrogen-bond acceptors (Lipinski definition) is 2. The monoisotopic (exact) mass is 280 g/mol. The molecule has 2 aromatic carbocycles. The Morgan fingerprint density at radius 2 is 1.70 bits per heavy atom. The lowest BCUT2D eigenvalue weighted by molar-refractivity contribution is 0.0961. The van der Waals surface area contributed by atoms with Crippen molar-refractivity contribution in [1.29, 1.82) is 0 Å². The molecule has 0 aliphatic heterocycles. The van der Waals surface area contributed by atoms with Crippen LogP contribution in [0.1, 0.15) is 16.8 Å².